The van der Waals surface area contributed by atoms with Gasteiger partial charge in [0.05, 0.1) is 50.1 Å². The SMILES string of the molecule is O=C(C1CCCC1)N(CCN1CCOCC1)Cc1cnc(S(=O)(=O)Cc2ccccc2)n1C[C@H]1CCCO1. The number of nitrogens with zero attached hydrogens (tertiary/aromatic N) is 4. The third-order valence-electron chi connectivity index (χ3n) is 7.95. The molecule has 1 atom stereocenters. The molecular formula is C28H40N4O5S. The average Bonchev–Trinajstić information content (AvgIpc) is 3.71. The van der Waals surface area contributed by atoms with Crippen molar-refractivity contribution in [1.82, 2.24) is 19.4 Å². The van der Waals surface area contributed by atoms with Crippen LogP contribution >= 0.6 is 0 Å². The molecule has 1 aromatic carbocycles. The van der Waals surface area contributed by atoms with Gasteiger partial charge in [0, 0.05) is 38.7 Å². The van der Waals surface area contributed by atoms with Crippen LogP contribution in [0.3, 0.4) is 0 Å². The Labute approximate surface area is 226 Å². The molecule has 0 spiro atoms. The number of ether oxygens (including phenoxy) is 2. The lowest BCUT2D eigenvalue weighted by Gasteiger charge is -2.31. The number of morpholine rings is 1. The van der Waals surface area contributed by atoms with Gasteiger partial charge in [0.25, 0.3) is 0 Å². The number of benzene rings is 1. The second-order valence-electron chi connectivity index (χ2n) is 10.7. The summed E-state index contributed by atoms with van der Waals surface area (Å²) in [4.78, 5) is 22.3. The van der Waals surface area contributed by atoms with Gasteiger partial charge in [0.2, 0.25) is 20.9 Å². The number of imidazole rings is 1. The first-order chi connectivity index (χ1) is 18.5. The van der Waals surface area contributed by atoms with Gasteiger partial charge in [-0.15, -0.1) is 0 Å². The fourth-order valence-corrected chi connectivity index (χ4v) is 7.29. The molecule has 1 aliphatic carbocycles. The molecule has 5 rings (SSSR count). The van der Waals surface area contributed by atoms with Crippen LogP contribution in [0.25, 0.3) is 0 Å². The van der Waals surface area contributed by atoms with Crippen molar-refractivity contribution >= 4 is 15.7 Å². The van der Waals surface area contributed by atoms with Crippen LogP contribution in [0.15, 0.2) is 41.7 Å². The molecular weight excluding hydrogens is 504 g/mol. The highest BCUT2D eigenvalue weighted by Gasteiger charge is 2.31. The summed E-state index contributed by atoms with van der Waals surface area (Å²) in [6.07, 6.45) is 7.48. The van der Waals surface area contributed by atoms with E-state index in [9.17, 15) is 13.2 Å². The minimum atomic E-state index is -3.70. The summed E-state index contributed by atoms with van der Waals surface area (Å²) in [6.45, 7) is 6.00. The van der Waals surface area contributed by atoms with Crippen molar-refractivity contribution in [2.24, 2.45) is 5.92 Å². The molecule has 2 aliphatic heterocycles. The monoisotopic (exact) mass is 544 g/mol. The molecule has 3 aliphatic rings. The molecule has 2 aromatic rings. The average molecular weight is 545 g/mol. The minimum Gasteiger partial charge on any atom is -0.379 e. The topological polar surface area (TPSA) is 94.0 Å². The van der Waals surface area contributed by atoms with E-state index in [2.05, 4.69) is 9.88 Å². The summed E-state index contributed by atoms with van der Waals surface area (Å²) < 4.78 is 40.3. The molecule has 208 valence electrons. The van der Waals surface area contributed by atoms with Crippen LogP contribution in [0.4, 0.5) is 0 Å². The molecule has 1 amide bonds. The van der Waals surface area contributed by atoms with Crippen molar-refractivity contribution in [3.05, 3.63) is 47.8 Å². The van der Waals surface area contributed by atoms with E-state index in [1.54, 1.807) is 10.8 Å². The van der Waals surface area contributed by atoms with E-state index in [0.29, 0.717) is 39.5 Å². The van der Waals surface area contributed by atoms with Gasteiger partial charge in [-0.25, -0.2) is 13.4 Å². The van der Waals surface area contributed by atoms with Gasteiger partial charge >= 0.3 is 0 Å². The molecule has 38 heavy (non-hydrogen) atoms. The van der Waals surface area contributed by atoms with E-state index in [-0.39, 0.29) is 28.8 Å². The fourth-order valence-electron chi connectivity index (χ4n) is 5.79. The molecule has 0 radical (unpaired) electrons. The summed E-state index contributed by atoms with van der Waals surface area (Å²) in [6, 6.07) is 9.20. The number of sulfone groups is 1. The van der Waals surface area contributed by atoms with E-state index < -0.39 is 9.84 Å². The highest BCUT2D eigenvalue weighted by atomic mass is 32.2. The van der Waals surface area contributed by atoms with Crippen LogP contribution in [-0.4, -0.2) is 85.8 Å². The standard InChI is InChI=1S/C28H40N4O5S/c33-27(24-9-4-5-10-24)31(13-12-30-14-17-36-18-15-30)20-25-19-29-28(32(25)21-26-11-6-16-37-26)38(34,35)22-23-7-2-1-3-8-23/h1-3,7-8,19,24,26H,4-6,9-18,20-22H2/t26-/m1/s1. The predicted molar refractivity (Wildman–Crippen MR) is 143 cm³/mol. The number of hydrogen-bond donors (Lipinski definition) is 0. The van der Waals surface area contributed by atoms with Gasteiger partial charge < -0.3 is 18.9 Å². The summed E-state index contributed by atoms with van der Waals surface area (Å²) in [5.74, 6) is 0.113. The summed E-state index contributed by atoms with van der Waals surface area (Å²) >= 11 is 0. The summed E-state index contributed by atoms with van der Waals surface area (Å²) in [5.41, 5.74) is 1.48. The Hall–Kier alpha value is -2.27. The van der Waals surface area contributed by atoms with E-state index in [4.69, 9.17) is 9.47 Å². The number of rotatable bonds is 11. The summed E-state index contributed by atoms with van der Waals surface area (Å²) in [5, 5.41) is 0.0632. The zero-order valence-corrected chi connectivity index (χ0v) is 23.0. The molecule has 2 saturated heterocycles. The lowest BCUT2D eigenvalue weighted by molar-refractivity contribution is -0.136. The Kier molecular flexibility index (Phi) is 9.14. The van der Waals surface area contributed by atoms with E-state index in [0.717, 1.165) is 69.4 Å². The molecule has 0 bridgehead atoms. The zero-order valence-electron chi connectivity index (χ0n) is 22.2. The highest BCUT2D eigenvalue weighted by molar-refractivity contribution is 7.90. The van der Waals surface area contributed by atoms with Crippen LogP contribution in [0.5, 0.6) is 0 Å². The minimum absolute atomic E-state index is 0.0514. The lowest BCUT2D eigenvalue weighted by atomic mass is 10.1. The van der Waals surface area contributed by atoms with Gasteiger partial charge in [-0.2, -0.15) is 0 Å². The number of aromatic nitrogens is 2. The van der Waals surface area contributed by atoms with Crippen molar-refractivity contribution in [2.45, 2.75) is 68.6 Å². The highest BCUT2D eigenvalue weighted by Crippen LogP contribution is 2.28. The first-order valence-electron chi connectivity index (χ1n) is 14.0. The Morgan fingerprint density at radius 3 is 2.50 bits per heavy atom. The van der Waals surface area contributed by atoms with Crippen molar-refractivity contribution in [3.63, 3.8) is 0 Å². The maximum absolute atomic E-state index is 13.6. The molecule has 1 aromatic heterocycles. The molecule has 1 saturated carbocycles. The van der Waals surface area contributed by atoms with E-state index in [1.165, 1.54) is 0 Å². The Balaban J connectivity index is 1.40. The zero-order chi connectivity index (χ0) is 26.4. The van der Waals surface area contributed by atoms with Crippen LogP contribution in [-0.2, 0) is 42.9 Å². The quantitative estimate of drug-likeness (QED) is 0.429. The maximum atomic E-state index is 13.6. The first kappa shape index (κ1) is 27.3. The van der Waals surface area contributed by atoms with Crippen molar-refractivity contribution in [1.29, 1.82) is 0 Å². The third-order valence-corrected chi connectivity index (χ3v) is 9.54. The lowest BCUT2D eigenvalue weighted by Crippen LogP contribution is -2.44. The molecule has 3 heterocycles. The second kappa shape index (κ2) is 12.7. The normalized spacial score (nSPS) is 21.2. The number of amides is 1. The van der Waals surface area contributed by atoms with Crippen molar-refractivity contribution in [3.8, 4) is 0 Å². The van der Waals surface area contributed by atoms with Crippen LogP contribution < -0.4 is 0 Å². The number of hydrogen-bond acceptors (Lipinski definition) is 7. The first-order valence-corrected chi connectivity index (χ1v) is 15.7. The number of carbonyl (C=O) groups is 1. The molecule has 0 unspecified atom stereocenters. The Morgan fingerprint density at radius 1 is 1.03 bits per heavy atom. The van der Waals surface area contributed by atoms with Gasteiger partial charge in [-0.1, -0.05) is 43.2 Å². The molecule has 9 nitrogen and oxygen atoms in total. The van der Waals surface area contributed by atoms with Crippen LogP contribution in [0.2, 0.25) is 0 Å². The van der Waals surface area contributed by atoms with Gasteiger partial charge in [-0.3, -0.25) is 9.69 Å². The van der Waals surface area contributed by atoms with Gasteiger partial charge in [0.1, 0.15) is 0 Å². The molecule has 10 heteroatoms. The van der Waals surface area contributed by atoms with Crippen LogP contribution in [0.1, 0.15) is 49.8 Å². The predicted octanol–water partition coefficient (Wildman–Crippen LogP) is 2.89. The van der Waals surface area contributed by atoms with Crippen molar-refractivity contribution in [2.75, 3.05) is 46.0 Å². The molecule has 3 fully saturated rings. The molecule has 0 N–H and O–H groups in total. The fraction of sp³-hybridized carbons (Fsp3) is 0.643. The Morgan fingerprint density at radius 2 is 1.79 bits per heavy atom. The smallest absolute Gasteiger partial charge is 0.228 e. The summed E-state index contributed by atoms with van der Waals surface area (Å²) in [7, 11) is -3.70. The van der Waals surface area contributed by atoms with Crippen LogP contribution in [0, 0.1) is 5.92 Å². The third kappa shape index (κ3) is 6.83. The number of carbonyl (C=O) groups excluding carboxylic acids is 1. The second-order valence-corrected chi connectivity index (χ2v) is 12.6. The maximum Gasteiger partial charge on any atom is 0.228 e. The van der Waals surface area contributed by atoms with Crippen molar-refractivity contribution < 1.29 is 22.7 Å². The largest absolute Gasteiger partial charge is 0.379 e. The van der Waals surface area contributed by atoms with E-state index >= 15 is 0 Å². The Bertz CT molecular complexity index is 1150. The van der Waals surface area contributed by atoms with E-state index in [1.807, 2.05) is 35.2 Å². The van der Waals surface area contributed by atoms with Gasteiger partial charge in [-0.05, 0) is 31.2 Å². The van der Waals surface area contributed by atoms with Gasteiger partial charge in [0.15, 0.2) is 0 Å².